The van der Waals surface area contributed by atoms with E-state index < -0.39 is 7.25 Å². The molecule has 1 nitrogen and oxygen atoms in total. The molecule has 0 saturated carbocycles. The lowest BCUT2D eigenvalue weighted by molar-refractivity contribution is -1.00. The average molecular weight is 273 g/mol. The van der Waals surface area contributed by atoms with Crippen molar-refractivity contribution in [1.82, 2.24) is 0 Å². The van der Waals surface area contributed by atoms with E-state index in [1.54, 1.807) is 0 Å². The molecule has 0 amide bonds. The number of nitrogens with zero attached hydrogens (tertiary/aromatic N) is 1. The van der Waals surface area contributed by atoms with Crippen LogP contribution in [-0.2, 0) is 0 Å². The van der Waals surface area contributed by atoms with Crippen molar-refractivity contribution in [3.05, 3.63) is 0 Å². The quantitative estimate of drug-likeness (QED) is 0.394. The van der Waals surface area contributed by atoms with Gasteiger partial charge < -0.3 is 21.7 Å². The summed E-state index contributed by atoms with van der Waals surface area (Å²) in [6.07, 6.45) is 0. The summed E-state index contributed by atoms with van der Waals surface area (Å²) in [5, 5.41) is 0. The van der Waals surface area contributed by atoms with Crippen molar-refractivity contribution >= 4 is 7.25 Å². The molecule has 0 atom stereocenters. The minimum atomic E-state index is -6.00. The molecular weight excluding hydrogens is 245 g/mol. The summed E-state index contributed by atoms with van der Waals surface area (Å²) in [4.78, 5) is 0. The van der Waals surface area contributed by atoms with Crippen molar-refractivity contribution < 1.29 is 21.7 Å². The zero-order valence-corrected chi connectivity index (χ0v) is 12.8. The smallest absolute Gasteiger partial charge is 0.418 e. The molecule has 0 bridgehead atoms. The van der Waals surface area contributed by atoms with E-state index in [1.807, 2.05) is 0 Å². The molecule has 0 unspecified atom stereocenters. The zero-order chi connectivity index (χ0) is 15.3. The second-order valence-corrected chi connectivity index (χ2v) is 5.76. The lowest BCUT2D eigenvalue weighted by Gasteiger charge is -2.52. The summed E-state index contributed by atoms with van der Waals surface area (Å²) in [6, 6.07) is 2.83. The van der Waals surface area contributed by atoms with Crippen LogP contribution >= 0.6 is 0 Å². The monoisotopic (exact) mass is 273 g/mol. The van der Waals surface area contributed by atoms with Crippen LogP contribution in [0.15, 0.2) is 0 Å². The van der Waals surface area contributed by atoms with Crippen LogP contribution in [0.2, 0.25) is 0 Å². The van der Waals surface area contributed by atoms with Gasteiger partial charge in [-0.15, -0.1) is 0 Å². The largest absolute Gasteiger partial charge is 0.673 e. The van der Waals surface area contributed by atoms with E-state index in [2.05, 4.69) is 55.4 Å². The second kappa shape index (κ2) is 7.36. The van der Waals surface area contributed by atoms with E-state index in [1.165, 1.54) is 4.48 Å². The van der Waals surface area contributed by atoms with Crippen LogP contribution in [0.1, 0.15) is 55.4 Å². The molecule has 18 heavy (non-hydrogen) atoms. The maximum atomic E-state index is 9.75. The van der Waals surface area contributed by atoms with Crippen LogP contribution in [0.3, 0.4) is 0 Å². The van der Waals surface area contributed by atoms with Crippen LogP contribution in [0, 0.1) is 0 Å². The normalized spacial score (nSPS) is 13.3. The molecule has 0 heterocycles. The highest BCUT2D eigenvalue weighted by Crippen LogP contribution is 2.28. The Kier molecular flexibility index (Phi) is 8.21. The summed E-state index contributed by atoms with van der Waals surface area (Å²) < 4.78 is 40.2. The van der Waals surface area contributed by atoms with Gasteiger partial charge in [0.2, 0.25) is 0 Å². The van der Waals surface area contributed by atoms with E-state index in [4.69, 9.17) is 0 Å². The van der Waals surface area contributed by atoms with Crippen molar-refractivity contribution in [3.8, 4) is 0 Å². The molecule has 0 aromatic carbocycles. The van der Waals surface area contributed by atoms with Gasteiger partial charge in [-0.2, -0.15) is 0 Å². The number of hydrogen-bond donors (Lipinski definition) is 0. The highest BCUT2D eigenvalue weighted by atomic mass is 19.5. The van der Waals surface area contributed by atoms with Gasteiger partial charge in [0.15, 0.2) is 0 Å². The Bertz CT molecular complexity index is 181. The molecule has 0 spiro atoms. The number of halogens is 4. The van der Waals surface area contributed by atoms with Crippen molar-refractivity contribution in [2.45, 2.75) is 79.6 Å². The first kappa shape index (κ1) is 20.1. The van der Waals surface area contributed by atoms with Gasteiger partial charge >= 0.3 is 7.25 Å². The molecule has 112 valence electrons. The van der Waals surface area contributed by atoms with Gasteiger partial charge in [-0.1, -0.05) is 0 Å². The minimum absolute atomic E-state index is 0.708. The first-order valence-electron chi connectivity index (χ1n) is 6.52. The fraction of sp³-hybridized carbons (Fsp3) is 1.00. The second-order valence-electron chi connectivity index (χ2n) is 5.76. The molecule has 0 aromatic rings. The molecule has 0 aliphatic rings. The lowest BCUT2D eigenvalue weighted by atomic mass is 10.0. The third kappa shape index (κ3) is 6.07. The van der Waals surface area contributed by atoms with Crippen molar-refractivity contribution in [2.75, 3.05) is 0 Å². The molecule has 0 aromatic heterocycles. The van der Waals surface area contributed by atoms with E-state index in [9.17, 15) is 17.3 Å². The summed E-state index contributed by atoms with van der Waals surface area (Å²) in [5.41, 5.74) is 0. The summed E-state index contributed by atoms with van der Waals surface area (Å²) in [7, 11) is -6.00. The SMILES string of the molecule is CC(C)[N+](C(C)C)(C(C)C)C(C)C.F[B-](F)(F)F. The van der Waals surface area contributed by atoms with Crippen molar-refractivity contribution in [1.29, 1.82) is 0 Å². The van der Waals surface area contributed by atoms with Crippen LogP contribution in [0.5, 0.6) is 0 Å². The van der Waals surface area contributed by atoms with Gasteiger partial charge in [0.25, 0.3) is 0 Å². The number of quaternary nitrogens is 1. The highest BCUT2D eigenvalue weighted by Gasteiger charge is 2.40. The maximum Gasteiger partial charge on any atom is 0.673 e. The number of rotatable bonds is 4. The van der Waals surface area contributed by atoms with Crippen molar-refractivity contribution in [3.63, 3.8) is 0 Å². The van der Waals surface area contributed by atoms with Gasteiger partial charge in [-0.25, -0.2) is 0 Å². The molecule has 0 fully saturated rings. The van der Waals surface area contributed by atoms with Crippen LogP contribution in [0.4, 0.5) is 17.3 Å². The van der Waals surface area contributed by atoms with Gasteiger partial charge in [0, 0.05) is 0 Å². The van der Waals surface area contributed by atoms with Crippen LogP contribution < -0.4 is 0 Å². The Morgan fingerprint density at radius 1 is 0.556 bits per heavy atom. The van der Waals surface area contributed by atoms with Crippen molar-refractivity contribution in [2.24, 2.45) is 0 Å². The first-order valence-corrected chi connectivity index (χ1v) is 6.52. The Labute approximate surface area is 109 Å². The molecule has 0 radical (unpaired) electrons. The average Bonchev–Trinajstić information content (AvgIpc) is 1.96. The van der Waals surface area contributed by atoms with Gasteiger partial charge in [-0.3, -0.25) is 0 Å². The molecule has 0 aliphatic carbocycles. The van der Waals surface area contributed by atoms with E-state index in [0.29, 0.717) is 24.2 Å². The third-order valence-corrected chi connectivity index (χ3v) is 3.58. The molecule has 0 rings (SSSR count). The van der Waals surface area contributed by atoms with Gasteiger partial charge in [0.1, 0.15) is 0 Å². The fourth-order valence-corrected chi connectivity index (χ4v) is 3.58. The van der Waals surface area contributed by atoms with Gasteiger partial charge in [-0.05, 0) is 55.4 Å². The van der Waals surface area contributed by atoms with E-state index in [0.717, 1.165) is 0 Å². The third-order valence-electron chi connectivity index (χ3n) is 3.58. The summed E-state index contributed by atoms with van der Waals surface area (Å²) in [5.74, 6) is 0. The zero-order valence-electron chi connectivity index (χ0n) is 12.8. The first-order chi connectivity index (χ1) is 7.77. The number of hydrogen-bond acceptors (Lipinski definition) is 0. The Morgan fingerprint density at radius 2 is 0.667 bits per heavy atom. The van der Waals surface area contributed by atoms with E-state index >= 15 is 0 Å². The summed E-state index contributed by atoms with van der Waals surface area (Å²) in [6.45, 7) is 18.8. The topological polar surface area (TPSA) is 0 Å². The molecule has 0 N–H and O–H groups in total. The minimum Gasteiger partial charge on any atom is -0.418 e. The predicted molar refractivity (Wildman–Crippen MR) is 71.0 cm³/mol. The van der Waals surface area contributed by atoms with Gasteiger partial charge in [0.05, 0.1) is 24.2 Å². The Morgan fingerprint density at radius 3 is 0.667 bits per heavy atom. The molecule has 0 aliphatic heterocycles. The van der Waals surface area contributed by atoms with E-state index in [-0.39, 0.29) is 0 Å². The molecule has 0 saturated heterocycles. The summed E-state index contributed by atoms with van der Waals surface area (Å²) >= 11 is 0. The molecule has 6 heteroatoms. The Balaban J connectivity index is 0. The predicted octanol–water partition coefficient (Wildman–Crippen LogP) is 4.74. The molecular formula is C12H28BF4N. The highest BCUT2D eigenvalue weighted by molar-refractivity contribution is 6.50. The lowest BCUT2D eigenvalue weighted by Crippen LogP contribution is -2.65. The standard InChI is InChI=1S/C12H28N.BF4/c1-9(2)13(10(3)4,11(5)6)12(7)8;2-1(3,4)5/h9-12H,1-8H3;/q+1;-1. The van der Waals surface area contributed by atoms with Crippen LogP contribution in [0.25, 0.3) is 0 Å². The maximum absolute atomic E-state index is 9.75. The Hall–Kier alpha value is -0.255. The van der Waals surface area contributed by atoms with Crippen LogP contribution in [-0.4, -0.2) is 35.9 Å². The fourth-order valence-electron chi connectivity index (χ4n) is 3.58.